The van der Waals surface area contributed by atoms with Crippen LogP contribution in [0.2, 0.25) is 0 Å². The molecule has 0 unspecified atom stereocenters. The molecule has 0 heterocycles. The Bertz CT molecular complexity index is 351. The predicted octanol–water partition coefficient (Wildman–Crippen LogP) is 2.45. The number of carbonyl (C=O) groups excluding carboxylic acids is 1. The monoisotopic (exact) mass is 267 g/mol. The van der Waals surface area contributed by atoms with Gasteiger partial charge in [0.2, 0.25) is 5.91 Å². The molecule has 0 saturated carbocycles. The lowest BCUT2D eigenvalue weighted by Gasteiger charge is -2.06. The summed E-state index contributed by atoms with van der Waals surface area (Å²) in [5.41, 5.74) is 1.01. The first-order valence-corrected chi connectivity index (χ1v) is 6.79. The van der Waals surface area contributed by atoms with E-state index in [1.165, 1.54) is 0 Å². The molecule has 0 aliphatic heterocycles. The molecule has 0 atom stereocenters. The molecule has 1 aromatic rings. The van der Waals surface area contributed by atoms with Crippen LogP contribution in [0.1, 0.15) is 25.3 Å². The summed E-state index contributed by atoms with van der Waals surface area (Å²) < 4.78 is 5.34. The van der Waals surface area contributed by atoms with Crippen LogP contribution in [0.3, 0.4) is 0 Å². The fraction of sp³-hybridized carbons (Fsp3) is 0.500. The van der Waals surface area contributed by atoms with Crippen LogP contribution in [0, 0.1) is 0 Å². The van der Waals surface area contributed by atoms with E-state index in [1.807, 2.05) is 24.3 Å². The maximum atomic E-state index is 11.6. The van der Waals surface area contributed by atoms with Gasteiger partial charge in [0.15, 0.2) is 0 Å². The second kappa shape index (κ2) is 9.00. The van der Waals surface area contributed by atoms with Crippen molar-refractivity contribution in [2.24, 2.45) is 0 Å². The summed E-state index contributed by atoms with van der Waals surface area (Å²) >= 11 is 4.20. The van der Waals surface area contributed by atoms with Crippen LogP contribution >= 0.6 is 12.6 Å². The number of hydrogen-bond donors (Lipinski definition) is 2. The average Bonchev–Trinajstić information content (AvgIpc) is 2.36. The van der Waals surface area contributed by atoms with E-state index >= 15 is 0 Å². The van der Waals surface area contributed by atoms with Gasteiger partial charge in [0.1, 0.15) is 0 Å². The molecule has 1 N–H and O–H groups in total. The third-order valence-corrected chi connectivity index (χ3v) is 2.74. The molecular weight excluding hydrogens is 246 g/mol. The van der Waals surface area contributed by atoms with Crippen molar-refractivity contribution in [3.8, 4) is 0 Å². The molecule has 1 amide bonds. The lowest BCUT2D eigenvalue weighted by Crippen LogP contribution is -2.26. The minimum Gasteiger partial charge on any atom is -0.381 e. The first-order chi connectivity index (χ1) is 8.72. The molecule has 0 saturated heterocycles. The standard InChI is InChI=1S/C14H21NO2S/c1-2-9-17-10-3-8-15-14(16)11-12-4-6-13(18)7-5-12/h4-7,18H,2-3,8-11H2,1H3,(H,15,16). The first-order valence-electron chi connectivity index (χ1n) is 6.34. The summed E-state index contributed by atoms with van der Waals surface area (Å²) in [5, 5.41) is 2.88. The summed E-state index contributed by atoms with van der Waals surface area (Å²) in [6.45, 7) is 4.26. The molecule has 1 rings (SSSR count). The molecule has 0 aliphatic rings. The highest BCUT2D eigenvalue weighted by Crippen LogP contribution is 2.08. The third-order valence-electron chi connectivity index (χ3n) is 2.44. The number of rotatable bonds is 8. The molecule has 3 nitrogen and oxygen atoms in total. The van der Waals surface area contributed by atoms with Crippen molar-refractivity contribution in [2.45, 2.75) is 31.1 Å². The lowest BCUT2D eigenvalue weighted by molar-refractivity contribution is -0.120. The van der Waals surface area contributed by atoms with Crippen LogP contribution in [-0.4, -0.2) is 25.7 Å². The van der Waals surface area contributed by atoms with Crippen molar-refractivity contribution in [2.75, 3.05) is 19.8 Å². The topological polar surface area (TPSA) is 38.3 Å². The molecule has 4 heteroatoms. The maximum absolute atomic E-state index is 11.6. The van der Waals surface area contributed by atoms with E-state index in [4.69, 9.17) is 4.74 Å². The van der Waals surface area contributed by atoms with Crippen LogP contribution in [0.4, 0.5) is 0 Å². The SMILES string of the molecule is CCCOCCCNC(=O)Cc1ccc(S)cc1. The highest BCUT2D eigenvalue weighted by atomic mass is 32.1. The molecule has 0 radical (unpaired) electrons. The molecule has 0 spiro atoms. The Labute approximate surface area is 114 Å². The van der Waals surface area contributed by atoms with Gasteiger partial charge in [-0.3, -0.25) is 4.79 Å². The largest absolute Gasteiger partial charge is 0.381 e. The molecule has 0 aliphatic carbocycles. The number of benzene rings is 1. The van der Waals surface area contributed by atoms with Crippen molar-refractivity contribution in [3.63, 3.8) is 0 Å². The number of hydrogen-bond acceptors (Lipinski definition) is 3. The van der Waals surface area contributed by atoms with Gasteiger partial charge in [-0.1, -0.05) is 19.1 Å². The second-order valence-electron chi connectivity index (χ2n) is 4.16. The first kappa shape index (κ1) is 15.1. The number of nitrogens with one attached hydrogen (secondary N) is 1. The Balaban J connectivity index is 2.12. The third kappa shape index (κ3) is 6.67. The van der Waals surface area contributed by atoms with Gasteiger partial charge in [0.05, 0.1) is 6.42 Å². The van der Waals surface area contributed by atoms with Crippen LogP contribution in [0.25, 0.3) is 0 Å². The Hall–Kier alpha value is -1.00. The minimum atomic E-state index is 0.0532. The zero-order valence-electron chi connectivity index (χ0n) is 10.8. The van der Waals surface area contributed by atoms with Gasteiger partial charge in [-0.25, -0.2) is 0 Å². The molecule has 18 heavy (non-hydrogen) atoms. The van der Waals surface area contributed by atoms with Crippen molar-refractivity contribution in [3.05, 3.63) is 29.8 Å². The Morgan fingerprint density at radius 2 is 2.00 bits per heavy atom. The maximum Gasteiger partial charge on any atom is 0.224 e. The molecule has 0 fully saturated rings. The highest BCUT2D eigenvalue weighted by Gasteiger charge is 2.02. The van der Waals surface area contributed by atoms with Gasteiger partial charge in [0, 0.05) is 24.7 Å². The average molecular weight is 267 g/mol. The van der Waals surface area contributed by atoms with Crippen molar-refractivity contribution < 1.29 is 9.53 Å². The fourth-order valence-corrected chi connectivity index (χ4v) is 1.66. The highest BCUT2D eigenvalue weighted by molar-refractivity contribution is 7.80. The van der Waals surface area contributed by atoms with Gasteiger partial charge in [-0.15, -0.1) is 12.6 Å². The molecule has 0 aromatic heterocycles. The van der Waals surface area contributed by atoms with Crippen LogP contribution in [0.5, 0.6) is 0 Å². The van der Waals surface area contributed by atoms with E-state index < -0.39 is 0 Å². The molecule has 1 aromatic carbocycles. The fourth-order valence-electron chi connectivity index (χ4n) is 1.51. The normalized spacial score (nSPS) is 10.3. The van der Waals surface area contributed by atoms with Crippen molar-refractivity contribution >= 4 is 18.5 Å². The number of amides is 1. The zero-order chi connectivity index (χ0) is 13.2. The van der Waals surface area contributed by atoms with E-state index in [2.05, 4.69) is 24.9 Å². The number of carbonyl (C=O) groups is 1. The smallest absolute Gasteiger partial charge is 0.224 e. The van der Waals surface area contributed by atoms with E-state index in [1.54, 1.807) is 0 Å². The summed E-state index contributed by atoms with van der Waals surface area (Å²) in [6, 6.07) is 7.63. The molecule has 100 valence electrons. The Morgan fingerprint density at radius 1 is 1.28 bits per heavy atom. The second-order valence-corrected chi connectivity index (χ2v) is 4.68. The van der Waals surface area contributed by atoms with Crippen LogP contribution < -0.4 is 5.32 Å². The van der Waals surface area contributed by atoms with Gasteiger partial charge in [0.25, 0.3) is 0 Å². The van der Waals surface area contributed by atoms with Gasteiger partial charge >= 0.3 is 0 Å². The summed E-state index contributed by atoms with van der Waals surface area (Å²) in [5.74, 6) is 0.0532. The molecular formula is C14H21NO2S. The van der Waals surface area contributed by atoms with E-state index in [0.29, 0.717) is 19.6 Å². The Morgan fingerprint density at radius 3 is 2.67 bits per heavy atom. The summed E-state index contributed by atoms with van der Waals surface area (Å²) in [6.07, 6.45) is 2.32. The van der Waals surface area contributed by atoms with Crippen LogP contribution in [0.15, 0.2) is 29.2 Å². The van der Waals surface area contributed by atoms with Gasteiger partial charge in [-0.05, 0) is 30.5 Å². The predicted molar refractivity (Wildman–Crippen MR) is 76.1 cm³/mol. The summed E-state index contributed by atoms with van der Waals surface area (Å²) in [4.78, 5) is 12.5. The zero-order valence-corrected chi connectivity index (χ0v) is 11.7. The molecule has 0 bridgehead atoms. The number of ether oxygens (including phenoxy) is 1. The Kier molecular flexibility index (Phi) is 7.53. The van der Waals surface area contributed by atoms with E-state index in [-0.39, 0.29) is 5.91 Å². The minimum absolute atomic E-state index is 0.0532. The van der Waals surface area contributed by atoms with E-state index in [9.17, 15) is 4.79 Å². The van der Waals surface area contributed by atoms with Crippen molar-refractivity contribution in [1.82, 2.24) is 5.32 Å². The van der Waals surface area contributed by atoms with Gasteiger partial charge < -0.3 is 10.1 Å². The van der Waals surface area contributed by atoms with Crippen molar-refractivity contribution in [1.29, 1.82) is 0 Å². The van der Waals surface area contributed by atoms with Crippen LogP contribution in [-0.2, 0) is 16.0 Å². The van der Waals surface area contributed by atoms with Gasteiger partial charge in [-0.2, -0.15) is 0 Å². The quantitative estimate of drug-likeness (QED) is 0.561. The number of thiol groups is 1. The van der Waals surface area contributed by atoms with E-state index in [0.717, 1.165) is 29.9 Å². The lowest BCUT2D eigenvalue weighted by atomic mass is 10.1. The summed E-state index contributed by atoms with van der Waals surface area (Å²) in [7, 11) is 0.